The summed E-state index contributed by atoms with van der Waals surface area (Å²) in [5.74, 6) is 0.924. The van der Waals surface area contributed by atoms with Crippen molar-refractivity contribution in [1.29, 1.82) is 0 Å². The largest absolute Gasteiger partial charge is 0.486 e. The molecule has 28 heavy (non-hydrogen) atoms. The van der Waals surface area contributed by atoms with E-state index < -0.39 is 15.9 Å². The third kappa shape index (κ3) is 4.75. The van der Waals surface area contributed by atoms with Crippen molar-refractivity contribution in [2.75, 3.05) is 30.3 Å². The van der Waals surface area contributed by atoms with Crippen molar-refractivity contribution in [2.45, 2.75) is 19.9 Å². The van der Waals surface area contributed by atoms with Crippen molar-refractivity contribution in [1.82, 2.24) is 5.32 Å². The molecule has 8 heteroatoms. The summed E-state index contributed by atoms with van der Waals surface area (Å²) < 4.78 is 36.6. The molecule has 150 valence electrons. The maximum atomic E-state index is 12.6. The van der Waals surface area contributed by atoms with Gasteiger partial charge >= 0.3 is 0 Å². The van der Waals surface area contributed by atoms with E-state index in [-0.39, 0.29) is 12.6 Å². The quantitative estimate of drug-likeness (QED) is 0.799. The average molecular weight is 404 g/mol. The lowest BCUT2D eigenvalue weighted by Gasteiger charge is -2.24. The van der Waals surface area contributed by atoms with Crippen LogP contribution < -0.4 is 19.1 Å². The molecule has 7 nitrogen and oxygen atoms in total. The van der Waals surface area contributed by atoms with Gasteiger partial charge in [0.2, 0.25) is 15.9 Å². The average Bonchev–Trinajstić information content (AvgIpc) is 2.64. The van der Waals surface area contributed by atoms with Gasteiger partial charge in [0, 0.05) is 0 Å². The number of carbonyl (C=O) groups excluding carboxylic acids is 1. The molecule has 0 bridgehead atoms. The number of amides is 1. The summed E-state index contributed by atoms with van der Waals surface area (Å²) in [6.45, 7) is 4.40. The fraction of sp³-hybridized carbons (Fsp3) is 0.350. The standard InChI is InChI=1S/C20H24N2O5S/c1-14-5-4-6-17(11-14)22(28(3,24)25)13-20(23)21-15(2)16-7-8-18-19(12-16)27-10-9-26-18/h4-8,11-12,15H,9-10,13H2,1-3H3,(H,21,23)/t15-/m1/s1. The molecule has 0 unspecified atom stereocenters. The third-order valence-electron chi connectivity index (χ3n) is 4.42. The van der Waals surface area contributed by atoms with Crippen LogP contribution in [0.4, 0.5) is 5.69 Å². The Kier molecular flexibility index (Phi) is 5.79. The van der Waals surface area contributed by atoms with Crippen molar-refractivity contribution in [3.8, 4) is 11.5 Å². The van der Waals surface area contributed by atoms with Crippen molar-refractivity contribution in [2.24, 2.45) is 0 Å². The van der Waals surface area contributed by atoms with Crippen LogP contribution >= 0.6 is 0 Å². The number of nitrogens with one attached hydrogen (secondary N) is 1. The Morgan fingerprint density at radius 3 is 2.54 bits per heavy atom. The summed E-state index contributed by atoms with van der Waals surface area (Å²) in [4.78, 5) is 12.6. The molecule has 2 aromatic rings. The SMILES string of the molecule is Cc1cccc(N(CC(=O)N[C@H](C)c2ccc3c(c2)OCCO3)S(C)(=O)=O)c1. The second kappa shape index (κ2) is 8.10. The van der Waals surface area contributed by atoms with Crippen LogP contribution in [0.2, 0.25) is 0 Å². The van der Waals surface area contributed by atoms with Crippen LogP contribution in [-0.4, -0.2) is 40.3 Å². The predicted molar refractivity (Wildman–Crippen MR) is 107 cm³/mol. The highest BCUT2D eigenvalue weighted by Gasteiger charge is 2.22. The summed E-state index contributed by atoms with van der Waals surface area (Å²) in [7, 11) is -3.61. The van der Waals surface area contributed by atoms with E-state index in [1.54, 1.807) is 18.2 Å². The zero-order valence-electron chi connectivity index (χ0n) is 16.1. The number of hydrogen-bond acceptors (Lipinski definition) is 5. The number of aryl methyl sites for hydroxylation is 1. The summed E-state index contributed by atoms with van der Waals surface area (Å²) in [6, 6.07) is 12.2. The first kappa shape index (κ1) is 20.0. The van der Waals surface area contributed by atoms with E-state index >= 15 is 0 Å². The summed E-state index contributed by atoms with van der Waals surface area (Å²) in [6.07, 6.45) is 1.09. The molecule has 0 radical (unpaired) electrons. The zero-order chi connectivity index (χ0) is 20.3. The lowest BCUT2D eigenvalue weighted by molar-refractivity contribution is -0.120. The van der Waals surface area contributed by atoms with Crippen molar-refractivity contribution >= 4 is 21.6 Å². The summed E-state index contributed by atoms with van der Waals surface area (Å²) in [5, 5.41) is 2.85. The molecule has 1 aliphatic heterocycles. The Hall–Kier alpha value is -2.74. The van der Waals surface area contributed by atoms with Crippen LogP contribution in [0.15, 0.2) is 42.5 Å². The fourth-order valence-electron chi connectivity index (χ4n) is 3.01. The first-order valence-corrected chi connectivity index (χ1v) is 10.8. The smallest absolute Gasteiger partial charge is 0.241 e. The summed E-state index contributed by atoms with van der Waals surface area (Å²) in [5.41, 5.74) is 2.22. The molecule has 0 saturated carbocycles. The van der Waals surface area contributed by atoms with E-state index in [1.165, 1.54) is 0 Å². The fourth-order valence-corrected chi connectivity index (χ4v) is 3.86. The molecule has 2 aromatic carbocycles. The molecule has 1 N–H and O–H groups in total. The molecular weight excluding hydrogens is 380 g/mol. The summed E-state index contributed by atoms with van der Waals surface area (Å²) >= 11 is 0. The second-order valence-corrected chi connectivity index (χ2v) is 8.71. The molecule has 0 saturated heterocycles. The van der Waals surface area contributed by atoms with Gasteiger partial charge in [-0.3, -0.25) is 9.10 Å². The second-order valence-electron chi connectivity index (χ2n) is 6.80. The first-order chi connectivity index (χ1) is 13.2. The molecule has 0 aliphatic carbocycles. The minimum absolute atomic E-state index is 0.294. The molecule has 1 heterocycles. The molecular formula is C20H24N2O5S. The number of ether oxygens (including phenoxy) is 2. The Bertz CT molecular complexity index is 974. The Labute approximate surface area is 165 Å². The Morgan fingerprint density at radius 2 is 1.86 bits per heavy atom. The molecule has 0 spiro atoms. The Balaban J connectivity index is 1.72. The maximum Gasteiger partial charge on any atom is 0.241 e. The van der Waals surface area contributed by atoms with Crippen molar-refractivity contribution < 1.29 is 22.7 Å². The monoisotopic (exact) mass is 404 g/mol. The molecule has 0 aromatic heterocycles. The molecule has 1 amide bonds. The number of nitrogens with zero attached hydrogens (tertiary/aromatic N) is 1. The minimum Gasteiger partial charge on any atom is -0.486 e. The highest BCUT2D eigenvalue weighted by Crippen LogP contribution is 2.32. The van der Waals surface area contributed by atoms with E-state index in [0.29, 0.717) is 30.4 Å². The number of carbonyl (C=O) groups is 1. The molecule has 0 fully saturated rings. The lowest BCUT2D eigenvalue weighted by atomic mass is 10.1. The Morgan fingerprint density at radius 1 is 1.14 bits per heavy atom. The van der Waals surface area contributed by atoms with E-state index in [9.17, 15) is 13.2 Å². The number of hydrogen-bond donors (Lipinski definition) is 1. The number of anilines is 1. The topological polar surface area (TPSA) is 84.9 Å². The number of fused-ring (bicyclic) bond motifs is 1. The third-order valence-corrected chi connectivity index (χ3v) is 5.56. The molecule has 3 rings (SSSR count). The van der Waals surface area contributed by atoms with Gasteiger partial charge in [0.25, 0.3) is 0 Å². The van der Waals surface area contributed by atoms with E-state index in [0.717, 1.165) is 21.7 Å². The van der Waals surface area contributed by atoms with Crippen LogP contribution in [0.1, 0.15) is 24.1 Å². The van der Waals surface area contributed by atoms with E-state index in [4.69, 9.17) is 9.47 Å². The van der Waals surface area contributed by atoms with Gasteiger partial charge in [-0.15, -0.1) is 0 Å². The highest BCUT2D eigenvalue weighted by atomic mass is 32.2. The van der Waals surface area contributed by atoms with Crippen LogP contribution in [0, 0.1) is 6.92 Å². The van der Waals surface area contributed by atoms with Crippen LogP contribution in [0.3, 0.4) is 0 Å². The molecule has 1 aliphatic rings. The van der Waals surface area contributed by atoms with Gasteiger partial charge in [0.05, 0.1) is 18.0 Å². The molecule has 1 atom stereocenters. The van der Waals surface area contributed by atoms with Gasteiger partial charge in [-0.05, 0) is 49.2 Å². The van der Waals surface area contributed by atoms with Gasteiger partial charge in [0.15, 0.2) is 11.5 Å². The van der Waals surface area contributed by atoms with Gasteiger partial charge in [-0.25, -0.2) is 8.42 Å². The van der Waals surface area contributed by atoms with Crippen LogP contribution in [0.5, 0.6) is 11.5 Å². The van der Waals surface area contributed by atoms with Crippen molar-refractivity contribution in [3.05, 3.63) is 53.6 Å². The normalized spacial score (nSPS) is 14.2. The van der Waals surface area contributed by atoms with E-state index in [1.807, 2.05) is 38.1 Å². The zero-order valence-corrected chi connectivity index (χ0v) is 17.0. The van der Waals surface area contributed by atoms with Gasteiger partial charge < -0.3 is 14.8 Å². The number of benzene rings is 2. The van der Waals surface area contributed by atoms with Gasteiger partial charge in [-0.1, -0.05) is 18.2 Å². The highest BCUT2D eigenvalue weighted by molar-refractivity contribution is 7.92. The first-order valence-electron chi connectivity index (χ1n) is 8.97. The maximum absolute atomic E-state index is 12.6. The minimum atomic E-state index is -3.61. The van der Waals surface area contributed by atoms with Crippen LogP contribution in [0.25, 0.3) is 0 Å². The lowest BCUT2D eigenvalue weighted by Crippen LogP contribution is -2.41. The van der Waals surface area contributed by atoms with Crippen molar-refractivity contribution in [3.63, 3.8) is 0 Å². The number of sulfonamides is 1. The van der Waals surface area contributed by atoms with Gasteiger partial charge in [-0.2, -0.15) is 0 Å². The van der Waals surface area contributed by atoms with Crippen LogP contribution in [-0.2, 0) is 14.8 Å². The number of rotatable bonds is 6. The van der Waals surface area contributed by atoms with E-state index in [2.05, 4.69) is 5.32 Å². The predicted octanol–water partition coefficient (Wildman–Crippen LogP) is 2.41. The van der Waals surface area contributed by atoms with Gasteiger partial charge in [0.1, 0.15) is 19.8 Å².